The fourth-order valence-electron chi connectivity index (χ4n) is 1.93. The standard InChI is InChI=1S/C13H8Cl2N2O4/c1-6(13(20)21-3-2-16)17-11(18)7-4-9(14)10(15)5-8(7)12(17)19/h4-6H,3H2,1H3/t6-/m0/s1. The van der Waals surface area contributed by atoms with E-state index in [1.54, 1.807) is 6.07 Å². The Bertz CT molecular complexity index is 655. The summed E-state index contributed by atoms with van der Waals surface area (Å²) in [5.74, 6) is -2.16. The van der Waals surface area contributed by atoms with E-state index in [-0.39, 0.29) is 21.2 Å². The van der Waals surface area contributed by atoms with Crippen LogP contribution in [0.5, 0.6) is 0 Å². The summed E-state index contributed by atoms with van der Waals surface area (Å²) in [4.78, 5) is 36.9. The predicted octanol–water partition coefficient (Wildman–Crippen LogP) is 2.04. The van der Waals surface area contributed by atoms with Crippen molar-refractivity contribution in [3.8, 4) is 6.07 Å². The molecule has 1 aromatic rings. The number of hydrogen-bond acceptors (Lipinski definition) is 5. The van der Waals surface area contributed by atoms with Gasteiger partial charge < -0.3 is 4.74 Å². The molecule has 6 nitrogen and oxygen atoms in total. The first-order valence-corrected chi connectivity index (χ1v) is 6.54. The lowest BCUT2D eigenvalue weighted by atomic mass is 10.1. The predicted molar refractivity (Wildman–Crippen MR) is 73.0 cm³/mol. The Kier molecular flexibility index (Phi) is 4.16. The number of ether oxygens (including phenoxy) is 1. The second kappa shape index (κ2) is 5.72. The second-order valence-corrected chi connectivity index (χ2v) is 5.05. The van der Waals surface area contributed by atoms with Crippen LogP contribution in [0.15, 0.2) is 12.1 Å². The summed E-state index contributed by atoms with van der Waals surface area (Å²) < 4.78 is 4.61. The maximum absolute atomic E-state index is 12.2. The normalized spacial score (nSPS) is 14.7. The van der Waals surface area contributed by atoms with Crippen molar-refractivity contribution in [2.75, 3.05) is 6.61 Å². The van der Waals surface area contributed by atoms with E-state index in [1.807, 2.05) is 0 Å². The number of halogens is 2. The molecular formula is C13H8Cl2N2O4. The zero-order valence-corrected chi connectivity index (χ0v) is 12.2. The average Bonchev–Trinajstić information content (AvgIpc) is 2.68. The zero-order valence-electron chi connectivity index (χ0n) is 10.7. The fraction of sp³-hybridized carbons (Fsp3) is 0.231. The number of benzene rings is 1. The number of rotatable bonds is 3. The number of carbonyl (C=O) groups is 3. The number of fused-ring (bicyclic) bond motifs is 1. The van der Waals surface area contributed by atoms with E-state index in [0.29, 0.717) is 0 Å². The van der Waals surface area contributed by atoms with Gasteiger partial charge in [0.25, 0.3) is 11.8 Å². The van der Waals surface area contributed by atoms with Crippen molar-refractivity contribution in [2.24, 2.45) is 0 Å². The van der Waals surface area contributed by atoms with Crippen LogP contribution in [0.2, 0.25) is 10.0 Å². The van der Waals surface area contributed by atoms with E-state index >= 15 is 0 Å². The molecule has 1 atom stereocenters. The molecule has 0 N–H and O–H groups in total. The molecule has 0 aromatic heterocycles. The smallest absolute Gasteiger partial charge is 0.330 e. The molecule has 0 bridgehead atoms. The minimum Gasteiger partial charge on any atom is -0.449 e. The lowest BCUT2D eigenvalue weighted by molar-refractivity contribution is -0.146. The van der Waals surface area contributed by atoms with Gasteiger partial charge in [-0.1, -0.05) is 23.2 Å². The van der Waals surface area contributed by atoms with Gasteiger partial charge in [-0.3, -0.25) is 14.5 Å². The molecule has 0 unspecified atom stereocenters. The van der Waals surface area contributed by atoms with Crippen LogP contribution in [0, 0.1) is 11.3 Å². The lowest BCUT2D eigenvalue weighted by Crippen LogP contribution is -2.43. The quantitative estimate of drug-likeness (QED) is 0.626. The van der Waals surface area contributed by atoms with Crippen molar-refractivity contribution in [1.82, 2.24) is 4.90 Å². The number of imide groups is 1. The van der Waals surface area contributed by atoms with E-state index in [1.165, 1.54) is 19.1 Å². The van der Waals surface area contributed by atoms with Gasteiger partial charge in [0.15, 0.2) is 6.61 Å². The number of carbonyl (C=O) groups excluding carboxylic acids is 3. The molecule has 2 amide bonds. The van der Waals surface area contributed by atoms with Gasteiger partial charge >= 0.3 is 5.97 Å². The summed E-state index contributed by atoms with van der Waals surface area (Å²) in [5.41, 5.74) is 0.156. The van der Waals surface area contributed by atoms with E-state index in [0.717, 1.165) is 4.90 Å². The Morgan fingerprint density at radius 2 is 1.76 bits per heavy atom. The van der Waals surface area contributed by atoms with E-state index in [2.05, 4.69) is 4.74 Å². The minimum absolute atomic E-state index is 0.0781. The molecule has 1 aliphatic rings. The molecule has 1 heterocycles. The highest BCUT2D eigenvalue weighted by molar-refractivity contribution is 6.43. The third-order valence-electron chi connectivity index (χ3n) is 2.97. The molecule has 0 radical (unpaired) electrons. The van der Waals surface area contributed by atoms with E-state index in [9.17, 15) is 14.4 Å². The maximum Gasteiger partial charge on any atom is 0.330 e. The molecule has 0 saturated carbocycles. The highest BCUT2D eigenvalue weighted by atomic mass is 35.5. The zero-order chi connectivity index (χ0) is 15.7. The number of nitrogens with zero attached hydrogens (tertiary/aromatic N) is 2. The second-order valence-electron chi connectivity index (χ2n) is 4.23. The monoisotopic (exact) mass is 326 g/mol. The Morgan fingerprint density at radius 1 is 1.29 bits per heavy atom. The van der Waals surface area contributed by atoms with Crippen LogP contribution < -0.4 is 0 Å². The van der Waals surface area contributed by atoms with Crippen LogP contribution >= 0.6 is 23.2 Å². The molecule has 0 fully saturated rings. The fourth-order valence-corrected chi connectivity index (χ4v) is 2.26. The van der Waals surface area contributed by atoms with Gasteiger partial charge in [0.2, 0.25) is 0 Å². The first-order chi connectivity index (χ1) is 9.88. The van der Waals surface area contributed by atoms with Crippen molar-refractivity contribution in [3.63, 3.8) is 0 Å². The van der Waals surface area contributed by atoms with Gasteiger partial charge in [0, 0.05) is 0 Å². The summed E-state index contributed by atoms with van der Waals surface area (Å²) in [6, 6.07) is 3.05. The van der Waals surface area contributed by atoms with E-state index in [4.69, 9.17) is 28.5 Å². The van der Waals surface area contributed by atoms with Gasteiger partial charge in [-0.15, -0.1) is 0 Å². The Balaban J connectivity index is 2.33. The van der Waals surface area contributed by atoms with Crippen molar-refractivity contribution in [2.45, 2.75) is 13.0 Å². The molecule has 0 saturated heterocycles. The Labute approximate surface area is 129 Å². The highest BCUT2D eigenvalue weighted by Crippen LogP contribution is 2.32. The summed E-state index contributed by atoms with van der Waals surface area (Å²) in [6.07, 6.45) is 0. The number of hydrogen-bond donors (Lipinski definition) is 0. The molecule has 1 aromatic carbocycles. The Morgan fingerprint density at radius 3 is 2.19 bits per heavy atom. The van der Waals surface area contributed by atoms with Crippen LogP contribution in [0.25, 0.3) is 0 Å². The van der Waals surface area contributed by atoms with Gasteiger partial charge in [-0.05, 0) is 19.1 Å². The third-order valence-corrected chi connectivity index (χ3v) is 3.69. The first-order valence-electron chi connectivity index (χ1n) is 5.79. The molecular weight excluding hydrogens is 319 g/mol. The van der Waals surface area contributed by atoms with Gasteiger partial charge in [-0.2, -0.15) is 5.26 Å². The molecule has 108 valence electrons. The van der Waals surface area contributed by atoms with Gasteiger partial charge in [0.05, 0.1) is 21.2 Å². The van der Waals surface area contributed by atoms with Gasteiger partial charge in [0.1, 0.15) is 12.1 Å². The Hall–Kier alpha value is -2.10. The highest BCUT2D eigenvalue weighted by Gasteiger charge is 2.42. The van der Waals surface area contributed by atoms with Crippen molar-refractivity contribution >= 4 is 41.0 Å². The molecule has 8 heteroatoms. The number of nitriles is 1. The molecule has 1 aliphatic heterocycles. The van der Waals surface area contributed by atoms with Gasteiger partial charge in [-0.25, -0.2) is 4.79 Å². The summed E-state index contributed by atoms with van der Waals surface area (Å²) >= 11 is 11.6. The molecule has 0 aliphatic carbocycles. The van der Waals surface area contributed by atoms with Crippen molar-refractivity contribution in [1.29, 1.82) is 5.26 Å². The SMILES string of the molecule is C[C@@H](C(=O)OCC#N)N1C(=O)c2cc(Cl)c(Cl)cc2C1=O. The summed E-state index contributed by atoms with van der Waals surface area (Å²) in [7, 11) is 0. The molecule has 2 rings (SSSR count). The van der Waals surface area contributed by atoms with Crippen LogP contribution in [0.1, 0.15) is 27.6 Å². The maximum atomic E-state index is 12.2. The van der Waals surface area contributed by atoms with Crippen molar-refractivity contribution in [3.05, 3.63) is 33.3 Å². The largest absolute Gasteiger partial charge is 0.449 e. The summed E-state index contributed by atoms with van der Waals surface area (Å²) in [6.45, 7) is 0.884. The van der Waals surface area contributed by atoms with Crippen LogP contribution in [0.4, 0.5) is 0 Å². The topological polar surface area (TPSA) is 87.5 Å². The van der Waals surface area contributed by atoms with Crippen molar-refractivity contribution < 1.29 is 19.1 Å². The van der Waals surface area contributed by atoms with Crippen LogP contribution in [-0.2, 0) is 9.53 Å². The number of esters is 1. The number of amides is 2. The minimum atomic E-state index is -1.15. The summed E-state index contributed by atoms with van der Waals surface area (Å²) in [5, 5.41) is 8.64. The van der Waals surface area contributed by atoms with E-state index < -0.39 is 30.4 Å². The average molecular weight is 327 g/mol. The first kappa shape index (κ1) is 15.3. The lowest BCUT2D eigenvalue weighted by Gasteiger charge is -2.20. The van der Waals surface area contributed by atoms with Crippen LogP contribution in [0.3, 0.4) is 0 Å². The molecule has 21 heavy (non-hydrogen) atoms. The van der Waals surface area contributed by atoms with Crippen LogP contribution in [-0.4, -0.2) is 35.3 Å². The third kappa shape index (κ3) is 2.58. The molecule has 0 spiro atoms.